The Bertz CT molecular complexity index is 1590. The molecule has 0 bridgehead atoms. The molecule has 130 valence electrons. The molecule has 0 spiro atoms. The fraction of sp³-hybridized carbons (Fsp3) is 0.0417. The molecule has 28 heavy (non-hydrogen) atoms. The van der Waals surface area contributed by atoms with Gasteiger partial charge >= 0.3 is 0 Å². The Kier molecular flexibility index (Phi) is 2.51. The van der Waals surface area contributed by atoms with Crippen molar-refractivity contribution in [2.24, 2.45) is 0 Å². The van der Waals surface area contributed by atoms with Gasteiger partial charge in [0, 0.05) is 34.7 Å². The summed E-state index contributed by atoms with van der Waals surface area (Å²) in [4.78, 5) is 13.8. The first-order valence-corrected chi connectivity index (χ1v) is 9.41. The van der Waals surface area contributed by atoms with Crippen LogP contribution < -0.4 is 0 Å². The Labute approximate surface area is 160 Å². The van der Waals surface area contributed by atoms with Gasteiger partial charge in [-0.3, -0.25) is 14.4 Å². The summed E-state index contributed by atoms with van der Waals surface area (Å²) in [5.41, 5.74) is 9.58. The van der Waals surface area contributed by atoms with Gasteiger partial charge in [0.25, 0.3) is 0 Å². The van der Waals surface area contributed by atoms with Crippen molar-refractivity contribution in [1.82, 2.24) is 19.4 Å². The lowest BCUT2D eigenvalue weighted by molar-refractivity contribution is 1.26. The van der Waals surface area contributed by atoms with Crippen LogP contribution in [0.25, 0.3) is 49.5 Å². The number of imidazole rings is 1. The number of rotatable bonds is 0. The summed E-state index contributed by atoms with van der Waals surface area (Å²) >= 11 is 0. The highest BCUT2D eigenvalue weighted by atomic mass is 15.0. The van der Waals surface area contributed by atoms with Crippen LogP contribution in [0.1, 0.15) is 11.1 Å². The van der Waals surface area contributed by atoms with Crippen LogP contribution in [-0.4, -0.2) is 19.4 Å². The zero-order valence-electron chi connectivity index (χ0n) is 14.9. The molecule has 1 aliphatic rings. The third-order valence-corrected chi connectivity index (χ3v) is 5.96. The van der Waals surface area contributed by atoms with Crippen molar-refractivity contribution in [3.8, 4) is 11.1 Å². The molecule has 0 radical (unpaired) electrons. The zero-order chi connectivity index (χ0) is 18.2. The first-order chi connectivity index (χ1) is 13.9. The number of benzene rings is 2. The van der Waals surface area contributed by atoms with E-state index < -0.39 is 0 Å². The molecule has 0 amide bonds. The fourth-order valence-electron chi connectivity index (χ4n) is 4.73. The maximum atomic E-state index is 5.04. The molecule has 2 aromatic carbocycles. The van der Waals surface area contributed by atoms with E-state index >= 15 is 0 Å². The van der Waals surface area contributed by atoms with Gasteiger partial charge in [0.1, 0.15) is 5.65 Å². The quantitative estimate of drug-likeness (QED) is 0.352. The molecule has 0 saturated carbocycles. The zero-order valence-corrected chi connectivity index (χ0v) is 14.9. The van der Waals surface area contributed by atoms with Gasteiger partial charge in [0.05, 0.1) is 22.7 Å². The molecule has 4 aromatic heterocycles. The predicted octanol–water partition coefficient (Wildman–Crippen LogP) is 5.16. The van der Waals surface area contributed by atoms with Crippen molar-refractivity contribution >= 4 is 38.4 Å². The Hall–Kier alpha value is -3.79. The lowest BCUT2D eigenvalue weighted by Crippen LogP contribution is -1.92. The number of pyridine rings is 3. The summed E-state index contributed by atoms with van der Waals surface area (Å²) in [6.07, 6.45) is 8.51. The van der Waals surface area contributed by atoms with Crippen LogP contribution in [0.2, 0.25) is 0 Å². The smallest absolute Gasteiger partial charge is 0.146 e. The van der Waals surface area contributed by atoms with Gasteiger partial charge < -0.3 is 0 Å². The van der Waals surface area contributed by atoms with Crippen LogP contribution in [0.5, 0.6) is 0 Å². The first-order valence-electron chi connectivity index (χ1n) is 9.41. The van der Waals surface area contributed by atoms with Gasteiger partial charge in [-0.25, -0.2) is 4.98 Å². The van der Waals surface area contributed by atoms with E-state index in [2.05, 4.69) is 62.9 Å². The van der Waals surface area contributed by atoms with Crippen LogP contribution in [0.4, 0.5) is 0 Å². The molecule has 0 unspecified atom stereocenters. The van der Waals surface area contributed by atoms with E-state index in [0.717, 1.165) is 44.8 Å². The van der Waals surface area contributed by atoms with Gasteiger partial charge in [0.15, 0.2) is 0 Å². The third kappa shape index (κ3) is 1.68. The first kappa shape index (κ1) is 14.3. The summed E-state index contributed by atoms with van der Waals surface area (Å²) < 4.78 is 2.25. The highest BCUT2D eigenvalue weighted by Crippen LogP contribution is 2.40. The molecule has 6 aromatic rings. The van der Waals surface area contributed by atoms with Crippen LogP contribution in [0, 0.1) is 0 Å². The van der Waals surface area contributed by atoms with Gasteiger partial charge in [-0.05, 0) is 52.9 Å². The maximum Gasteiger partial charge on any atom is 0.146 e. The molecular formula is C24H14N4. The minimum absolute atomic E-state index is 0.963. The second kappa shape index (κ2) is 4.93. The Balaban J connectivity index is 1.72. The Morgan fingerprint density at radius 1 is 0.714 bits per heavy atom. The topological polar surface area (TPSA) is 43.1 Å². The number of hydrogen-bond donors (Lipinski definition) is 0. The van der Waals surface area contributed by atoms with E-state index in [0.29, 0.717) is 0 Å². The second-order valence-corrected chi connectivity index (χ2v) is 7.42. The predicted molar refractivity (Wildman–Crippen MR) is 112 cm³/mol. The van der Waals surface area contributed by atoms with Crippen LogP contribution in [0.3, 0.4) is 0 Å². The molecule has 1 aliphatic carbocycles. The highest BCUT2D eigenvalue weighted by molar-refractivity contribution is 6.13. The average molecular weight is 358 g/mol. The lowest BCUT2D eigenvalue weighted by Gasteiger charge is -2.08. The molecule has 4 heteroatoms. The largest absolute Gasteiger partial charge is 0.290 e. The van der Waals surface area contributed by atoms with Crippen molar-refractivity contribution in [1.29, 1.82) is 0 Å². The van der Waals surface area contributed by atoms with Crippen molar-refractivity contribution in [3.63, 3.8) is 0 Å². The summed E-state index contributed by atoms with van der Waals surface area (Å²) in [5.74, 6) is 0. The standard InChI is InChI=1S/C24H14N4/c1-2-4-16-14(3-1)9-15-10-21-22(11-19(15)16)28-23-13-26-7-5-17(23)20-12-25-8-6-18(20)24(28)27-21/h1-8,10-13H,9H2. The minimum atomic E-state index is 0.963. The number of hydrogen-bond acceptors (Lipinski definition) is 3. The van der Waals surface area contributed by atoms with Crippen LogP contribution in [-0.2, 0) is 6.42 Å². The average Bonchev–Trinajstić information content (AvgIpc) is 3.30. The van der Waals surface area contributed by atoms with Crippen molar-refractivity contribution in [2.75, 3.05) is 0 Å². The maximum absolute atomic E-state index is 5.04. The highest BCUT2D eigenvalue weighted by Gasteiger charge is 2.21. The molecule has 4 nitrogen and oxygen atoms in total. The minimum Gasteiger partial charge on any atom is -0.290 e. The summed E-state index contributed by atoms with van der Waals surface area (Å²) in [7, 11) is 0. The van der Waals surface area contributed by atoms with Gasteiger partial charge in [-0.2, -0.15) is 0 Å². The van der Waals surface area contributed by atoms with E-state index in [1.807, 2.05) is 24.8 Å². The lowest BCUT2D eigenvalue weighted by atomic mass is 10.1. The fourth-order valence-corrected chi connectivity index (χ4v) is 4.73. The molecule has 4 heterocycles. The van der Waals surface area contributed by atoms with E-state index in [9.17, 15) is 0 Å². The van der Waals surface area contributed by atoms with Crippen molar-refractivity contribution in [3.05, 3.63) is 84.4 Å². The molecular weight excluding hydrogens is 344 g/mol. The third-order valence-electron chi connectivity index (χ3n) is 5.96. The molecule has 0 fully saturated rings. The summed E-state index contributed by atoms with van der Waals surface area (Å²) in [6, 6.07) is 17.4. The van der Waals surface area contributed by atoms with Crippen LogP contribution in [0.15, 0.2) is 73.3 Å². The monoisotopic (exact) mass is 358 g/mol. The van der Waals surface area contributed by atoms with Crippen molar-refractivity contribution < 1.29 is 0 Å². The van der Waals surface area contributed by atoms with E-state index in [1.54, 1.807) is 0 Å². The van der Waals surface area contributed by atoms with Gasteiger partial charge in [0.2, 0.25) is 0 Å². The van der Waals surface area contributed by atoms with E-state index in [1.165, 1.54) is 22.3 Å². The normalized spacial score (nSPS) is 12.9. The van der Waals surface area contributed by atoms with Gasteiger partial charge in [-0.15, -0.1) is 0 Å². The summed E-state index contributed by atoms with van der Waals surface area (Å²) in [5, 5.41) is 3.37. The SMILES string of the molecule is c1ccc2c(c1)Cc1cc3nc4c5ccncc5c5ccncc5n4c3cc1-2. The van der Waals surface area contributed by atoms with Crippen molar-refractivity contribution in [2.45, 2.75) is 6.42 Å². The number of aromatic nitrogens is 4. The second-order valence-electron chi connectivity index (χ2n) is 7.42. The van der Waals surface area contributed by atoms with Crippen LogP contribution >= 0.6 is 0 Å². The number of nitrogens with zero attached hydrogens (tertiary/aromatic N) is 4. The van der Waals surface area contributed by atoms with E-state index in [-0.39, 0.29) is 0 Å². The number of fused-ring (bicyclic) bond motifs is 11. The van der Waals surface area contributed by atoms with Gasteiger partial charge in [-0.1, -0.05) is 24.3 Å². The molecule has 0 aliphatic heterocycles. The molecule has 0 saturated heterocycles. The van der Waals surface area contributed by atoms with E-state index in [4.69, 9.17) is 4.98 Å². The molecule has 0 atom stereocenters. The Morgan fingerprint density at radius 2 is 1.57 bits per heavy atom. The molecule has 0 N–H and O–H groups in total. The molecule has 7 rings (SSSR count). The Morgan fingerprint density at radius 3 is 2.54 bits per heavy atom. The summed E-state index contributed by atoms with van der Waals surface area (Å²) in [6.45, 7) is 0.